The molecule has 1 aromatic rings. The normalized spacial score (nSPS) is 30.3. The molecule has 1 aliphatic carbocycles. The van der Waals surface area contributed by atoms with Gasteiger partial charge in [0.05, 0.1) is 0 Å². The fourth-order valence-electron chi connectivity index (χ4n) is 3.64. The van der Waals surface area contributed by atoms with Crippen LogP contribution in [0.25, 0.3) is 0 Å². The molecule has 1 saturated carbocycles. The van der Waals surface area contributed by atoms with E-state index in [1.54, 1.807) is 4.88 Å². The summed E-state index contributed by atoms with van der Waals surface area (Å²) in [6.45, 7) is 7.08. The molecule has 1 heterocycles. The summed E-state index contributed by atoms with van der Waals surface area (Å²) in [5.41, 5.74) is 0. The summed E-state index contributed by atoms with van der Waals surface area (Å²) in [5, 5.41) is 3.58. The van der Waals surface area contributed by atoms with Crippen LogP contribution in [0.4, 0.5) is 0 Å². The molecule has 2 rings (SSSR count). The van der Waals surface area contributed by atoms with Crippen molar-refractivity contribution in [1.29, 1.82) is 0 Å². The molecule has 18 heavy (non-hydrogen) atoms. The first-order valence-electron chi connectivity index (χ1n) is 7.39. The Morgan fingerprint density at radius 1 is 1.22 bits per heavy atom. The lowest BCUT2D eigenvalue weighted by Crippen LogP contribution is -2.30. The van der Waals surface area contributed by atoms with Gasteiger partial charge in [0, 0.05) is 15.8 Å². The van der Waals surface area contributed by atoms with Crippen LogP contribution in [0.2, 0.25) is 0 Å². The summed E-state index contributed by atoms with van der Waals surface area (Å²) in [6, 6.07) is 5.22. The first-order chi connectivity index (χ1) is 8.63. The Bertz CT molecular complexity index is 361. The van der Waals surface area contributed by atoms with Gasteiger partial charge in [-0.3, -0.25) is 0 Å². The number of hydrogen-bond acceptors (Lipinski definition) is 2. The predicted molar refractivity (Wildman–Crippen MR) is 81.2 cm³/mol. The van der Waals surface area contributed by atoms with Crippen molar-refractivity contribution in [1.82, 2.24) is 5.32 Å². The van der Waals surface area contributed by atoms with Crippen molar-refractivity contribution < 1.29 is 0 Å². The third kappa shape index (κ3) is 3.16. The van der Waals surface area contributed by atoms with Gasteiger partial charge in [0.25, 0.3) is 0 Å². The predicted octanol–water partition coefficient (Wildman–Crippen LogP) is 4.64. The molecule has 0 bridgehead atoms. The highest BCUT2D eigenvalue weighted by Crippen LogP contribution is 2.41. The zero-order chi connectivity index (χ0) is 13.1. The van der Waals surface area contributed by atoms with E-state index in [2.05, 4.69) is 45.3 Å². The minimum atomic E-state index is 0.570. The number of rotatable bonds is 4. The molecular formula is C16H27NS. The SMILES string of the molecule is CCc1ccc(C(NC)C2CC(C)CC(C)C2)s1. The standard InChI is InChI=1S/C16H27NS/c1-5-14-6-7-15(18-14)16(17-4)13-9-11(2)8-12(3)10-13/h6-7,11-13,16-17H,5,8-10H2,1-4H3. The minimum Gasteiger partial charge on any atom is -0.312 e. The van der Waals surface area contributed by atoms with Gasteiger partial charge >= 0.3 is 0 Å². The van der Waals surface area contributed by atoms with Crippen molar-refractivity contribution in [2.45, 2.75) is 52.5 Å². The molecule has 102 valence electrons. The van der Waals surface area contributed by atoms with Gasteiger partial charge in [-0.1, -0.05) is 20.8 Å². The average molecular weight is 265 g/mol. The van der Waals surface area contributed by atoms with E-state index in [0.29, 0.717) is 6.04 Å². The molecule has 1 aliphatic rings. The van der Waals surface area contributed by atoms with Crippen molar-refractivity contribution in [3.05, 3.63) is 21.9 Å². The van der Waals surface area contributed by atoms with Gasteiger partial charge < -0.3 is 5.32 Å². The van der Waals surface area contributed by atoms with E-state index in [0.717, 1.165) is 17.8 Å². The highest BCUT2D eigenvalue weighted by atomic mass is 32.1. The van der Waals surface area contributed by atoms with E-state index in [9.17, 15) is 0 Å². The number of nitrogens with one attached hydrogen (secondary N) is 1. The van der Waals surface area contributed by atoms with E-state index in [1.165, 1.54) is 30.6 Å². The van der Waals surface area contributed by atoms with E-state index in [1.807, 2.05) is 11.3 Å². The van der Waals surface area contributed by atoms with Crippen LogP contribution in [0.3, 0.4) is 0 Å². The summed E-state index contributed by atoms with van der Waals surface area (Å²) in [5.74, 6) is 2.59. The zero-order valence-corrected chi connectivity index (χ0v) is 13.0. The lowest BCUT2D eigenvalue weighted by atomic mass is 9.73. The van der Waals surface area contributed by atoms with Crippen molar-refractivity contribution >= 4 is 11.3 Å². The maximum absolute atomic E-state index is 3.58. The fraction of sp³-hybridized carbons (Fsp3) is 0.750. The molecule has 1 nitrogen and oxygen atoms in total. The second kappa shape index (κ2) is 6.21. The van der Waals surface area contributed by atoms with Gasteiger partial charge in [0.2, 0.25) is 0 Å². The Kier molecular flexibility index (Phi) is 4.85. The zero-order valence-electron chi connectivity index (χ0n) is 12.2. The average Bonchev–Trinajstić information content (AvgIpc) is 2.77. The van der Waals surface area contributed by atoms with Crippen LogP contribution in [0.15, 0.2) is 12.1 Å². The highest BCUT2D eigenvalue weighted by Gasteiger charge is 2.30. The summed E-state index contributed by atoms with van der Waals surface area (Å²) < 4.78 is 0. The Balaban J connectivity index is 2.12. The van der Waals surface area contributed by atoms with Gasteiger partial charge in [-0.05, 0) is 62.6 Å². The van der Waals surface area contributed by atoms with Crippen molar-refractivity contribution in [2.75, 3.05) is 7.05 Å². The van der Waals surface area contributed by atoms with E-state index >= 15 is 0 Å². The molecule has 3 unspecified atom stereocenters. The van der Waals surface area contributed by atoms with E-state index in [-0.39, 0.29) is 0 Å². The van der Waals surface area contributed by atoms with Crippen LogP contribution in [-0.2, 0) is 6.42 Å². The molecule has 0 radical (unpaired) electrons. The van der Waals surface area contributed by atoms with Crippen molar-refractivity contribution in [2.24, 2.45) is 17.8 Å². The summed E-state index contributed by atoms with van der Waals surface area (Å²) in [4.78, 5) is 3.06. The fourth-order valence-corrected chi connectivity index (χ4v) is 4.80. The minimum absolute atomic E-state index is 0.570. The van der Waals surface area contributed by atoms with Crippen molar-refractivity contribution in [3.8, 4) is 0 Å². The second-order valence-electron chi connectivity index (χ2n) is 6.10. The number of hydrogen-bond donors (Lipinski definition) is 1. The summed E-state index contributed by atoms with van der Waals surface area (Å²) >= 11 is 2.00. The maximum atomic E-state index is 3.58. The third-order valence-corrected chi connectivity index (χ3v) is 5.65. The smallest absolute Gasteiger partial charge is 0.0441 e. The van der Waals surface area contributed by atoms with Gasteiger partial charge in [-0.2, -0.15) is 0 Å². The molecule has 0 amide bonds. The molecule has 1 fully saturated rings. The quantitative estimate of drug-likeness (QED) is 0.836. The lowest BCUT2D eigenvalue weighted by Gasteiger charge is -2.36. The number of thiophene rings is 1. The Labute approximate surface area is 116 Å². The van der Waals surface area contributed by atoms with Crippen LogP contribution in [0.5, 0.6) is 0 Å². The lowest BCUT2D eigenvalue weighted by molar-refractivity contribution is 0.182. The van der Waals surface area contributed by atoms with E-state index in [4.69, 9.17) is 0 Å². The molecular weight excluding hydrogens is 238 g/mol. The second-order valence-corrected chi connectivity index (χ2v) is 7.30. The molecule has 2 heteroatoms. The monoisotopic (exact) mass is 265 g/mol. The first kappa shape index (κ1) is 14.1. The van der Waals surface area contributed by atoms with Crippen LogP contribution < -0.4 is 5.32 Å². The Morgan fingerprint density at radius 2 is 1.89 bits per heavy atom. The van der Waals surface area contributed by atoms with Crippen LogP contribution in [0.1, 0.15) is 55.8 Å². The van der Waals surface area contributed by atoms with Crippen molar-refractivity contribution in [3.63, 3.8) is 0 Å². The Hall–Kier alpha value is -0.340. The van der Waals surface area contributed by atoms with Crippen LogP contribution in [-0.4, -0.2) is 7.05 Å². The summed E-state index contributed by atoms with van der Waals surface area (Å²) in [7, 11) is 2.12. The molecule has 1 aromatic heterocycles. The number of aryl methyl sites for hydroxylation is 1. The first-order valence-corrected chi connectivity index (χ1v) is 8.21. The largest absolute Gasteiger partial charge is 0.312 e. The molecule has 3 atom stereocenters. The molecule has 1 N–H and O–H groups in total. The highest BCUT2D eigenvalue weighted by molar-refractivity contribution is 7.12. The summed E-state index contributed by atoms with van der Waals surface area (Å²) in [6.07, 6.45) is 5.35. The van der Waals surface area contributed by atoms with Crippen LogP contribution in [0, 0.1) is 17.8 Å². The van der Waals surface area contributed by atoms with Gasteiger partial charge in [-0.25, -0.2) is 0 Å². The van der Waals surface area contributed by atoms with Gasteiger partial charge in [0.1, 0.15) is 0 Å². The van der Waals surface area contributed by atoms with Gasteiger partial charge in [0.15, 0.2) is 0 Å². The molecule has 0 aromatic carbocycles. The van der Waals surface area contributed by atoms with Gasteiger partial charge in [-0.15, -0.1) is 11.3 Å². The van der Waals surface area contributed by atoms with E-state index < -0.39 is 0 Å². The molecule has 0 spiro atoms. The van der Waals surface area contributed by atoms with Crippen LogP contribution >= 0.6 is 11.3 Å². The Morgan fingerprint density at radius 3 is 2.39 bits per heavy atom. The maximum Gasteiger partial charge on any atom is 0.0441 e. The molecule has 0 aliphatic heterocycles. The molecule has 0 saturated heterocycles. The topological polar surface area (TPSA) is 12.0 Å². The third-order valence-electron chi connectivity index (χ3n) is 4.33.